The summed E-state index contributed by atoms with van der Waals surface area (Å²) in [5, 5.41) is 0. The maximum Gasteiger partial charge on any atom is -0.0241 e. The van der Waals surface area contributed by atoms with Crippen LogP contribution >= 0.6 is 0 Å². The van der Waals surface area contributed by atoms with Gasteiger partial charge in [-0.15, -0.1) is 0 Å². The van der Waals surface area contributed by atoms with Crippen molar-refractivity contribution in [3.8, 4) is 0 Å². The van der Waals surface area contributed by atoms with Gasteiger partial charge in [0.15, 0.2) is 0 Å². The van der Waals surface area contributed by atoms with Crippen LogP contribution < -0.4 is 0 Å². The normalized spacial score (nSPS) is 24.6. The van der Waals surface area contributed by atoms with Gasteiger partial charge in [0, 0.05) is 0 Å². The molecule has 0 heteroatoms. The quantitative estimate of drug-likeness (QED) is 0.238. The molecule has 0 radical (unpaired) electrons. The number of hydrogen-bond acceptors (Lipinski definition) is 0. The lowest BCUT2D eigenvalue weighted by Crippen LogP contribution is -2.16. The third-order valence-electron chi connectivity index (χ3n) is 8.19. The van der Waals surface area contributed by atoms with Gasteiger partial charge in [-0.05, 0) is 73.8 Å². The molecule has 1 fully saturated rings. The Balaban J connectivity index is 1.27. The molecular weight excluding hydrogens is 360 g/mol. The lowest BCUT2D eigenvalue weighted by atomic mass is 9.76. The van der Waals surface area contributed by atoms with Crippen molar-refractivity contribution in [2.45, 2.75) is 123 Å². The molecule has 2 aliphatic rings. The van der Waals surface area contributed by atoms with Gasteiger partial charge < -0.3 is 0 Å². The minimum atomic E-state index is 0.976. The second kappa shape index (κ2) is 13.4. The molecule has 168 valence electrons. The van der Waals surface area contributed by atoms with E-state index in [1.807, 2.05) is 0 Å². The minimum absolute atomic E-state index is 0.976. The first-order chi connectivity index (χ1) is 14.8. The summed E-state index contributed by atoms with van der Waals surface area (Å²) < 4.78 is 0. The molecule has 1 unspecified atom stereocenters. The Labute approximate surface area is 187 Å². The second-order valence-corrected chi connectivity index (χ2v) is 10.5. The number of aryl methyl sites for hydroxylation is 2. The fraction of sp³-hybridized carbons (Fsp3) is 0.733. The fourth-order valence-corrected chi connectivity index (χ4v) is 5.82. The highest BCUT2D eigenvalue weighted by molar-refractivity contribution is 5.23. The molecule has 1 aromatic carbocycles. The average Bonchev–Trinajstić information content (AvgIpc) is 2.81. The number of unbranched alkanes of at least 4 members (excludes halogenated alkanes) is 3. The van der Waals surface area contributed by atoms with E-state index in [4.69, 9.17) is 0 Å². The summed E-state index contributed by atoms with van der Waals surface area (Å²) in [5.74, 6) is 3.09. The first kappa shape index (κ1) is 23.6. The van der Waals surface area contributed by atoms with Crippen LogP contribution in [0.5, 0.6) is 0 Å². The summed E-state index contributed by atoms with van der Waals surface area (Å²) in [6.07, 6.45) is 26.9. The van der Waals surface area contributed by atoms with Crippen molar-refractivity contribution in [2.24, 2.45) is 17.8 Å². The van der Waals surface area contributed by atoms with E-state index >= 15 is 0 Å². The van der Waals surface area contributed by atoms with Gasteiger partial charge in [-0.1, -0.05) is 114 Å². The van der Waals surface area contributed by atoms with E-state index in [2.05, 4.69) is 44.2 Å². The van der Waals surface area contributed by atoms with Gasteiger partial charge in [-0.3, -0.25) is 0 Å². The number of hydrogen-bond donors (Lipinski definition) is 0. The zero-order valence-electron chi connectivity index (χ0n) is 20.1. The summed E-state index contributed by atoms with van der Waals surface area (Å²) in [4.78, 5) is 0. The van der Waals surface area contributed by atoms with Crippen molar-refractivity contribution in [2.75, 3.05) is 0 Å². The van der Waals surface area contributed by atoms with Crippen molar-refractivity contribution < 1.29 is 0 Å². The lowest BCUT2D eigenvalue weighted by molar-refractivity contribution is 0.234. The maximum absolute atomic E-state index is 2.61. The largest absolute Gasteiger partial charge is 0.0850 e. The van der Waals surface area contributed by atoms with Crippen LogP contribution in [0.1, 0.15) is 121 Å². The van der Waals surface area contributed by atoms with Gasteiger partial charge in [-0.2, -0.15) is 0 Å². The zero-order valence-corrected chi connectivity index (χ0v) is 20.1. The molecule has 0 aromatic heterocycles. The van der Waals surface area contributed by atoms with Gasteiger partial charge in [0.1, 0.15) is 0 Å². The summed E-state index contributed by atoms with van der Waals surface area (Å²) in [6.45, 7) is 4.55. The van der Waals surface area contributed by atoms with E-state index < -0.39 is 0 Å². The van der Waals surface area contributed by atoms with E-state index in [0.29, 0.717) is 0 Å². The SMILES string of the molecule is CCCCCCC1CCC(CCC2CC=C(CCc3ccc(CC)cc3)CC2)CC1. The topological polar surface area (TPSA) is 0 Å². The third kappa shape index (κ3) is 8.24. The first-order valence-corrected chi connectivity index (χ1v) is 13.5. The van der Waals surface area contributed by atoms with Gasteiger partial charge in [0.05, 0.1) is 0 Å². The Morgan fingerprint density at radius 1 is 0.667 bits per heavy atom. The molecule has 0 nitrogen and oxygen atoms in total. The van der Waals surface area contributed by atoms with Crippen LogP contribution in [0.4, 0.5) is 0 Å². The van der Waals surface area contributed by atoms with Crippen LogP contribution in [-0.4, -0.2) is 0 Å². The predicted octanol–water partition coefficient (Wildman–Crippen LogP) is 9.47. The third-order valence-corrected chi connectivity index (χ3v) is 8.19. The van der Waals surface area contributed by atoms with Crippen molar-refractivity contribution >= 4 is 0 Å². The van der Waals surface area contributed by atoms with Crippen molar-refractivity contribution in [3.63, 3.8) is 0 Å². The Kier molecular flexibility index (Phi) is 10.5. The molecule has 0 N–H and O–H groups in total. The predicted molar refractivity (Wildman–Crippen MR) is 133 cm³/mol. The molecule has 0 bridgehead atoms. The highest BCUT2D eigenvalue weighted by atomic mass is 14.3. The van der Waals surface area contributed by atoms with E-state index in [1.165, 1.54) is 114 Å². The van der Waals surface area contributed by atoms with Crippen LogP contribution in [0.15, 0.2) is 35.9 Å². The number of rotatable bonds is 12. The standard InChI is InChI=1S/C30H48/c1-3-5-6-7-8-26-13-15-28(16-14-26)19-20-30-23-21-29(22-24-30)18-17-27-11-9-25(4-2)10-12-27/h9-12,21,26,28,30H,3-8,13-20,22-24H2,1-2H3. The monoisotopic (exact) mass is 408 g/mol. The van der Waals surface area contributed by atoms with Crippen molar-refractivity contribution in [1.82, 2.24) is 0 Å². The van der Waals surface area contributed by atoms with Crippen molar-refractivity contribution in [3.05, 3.63) is 47.0 Å². The lowest BCUT2D eigenvalue weighted by Gasteiger charge is -2.30. The summed E-state index contributed by atoms with van der Waals surface area (Å²) >= 11 is 0. The summed E-state index contributed by atoms with van der Waals surface area (Å²) in [7, 11) is 0. The molecule has 30 heavy (non-hydrogen) atoms. The first-order valence-electron chi connectivity index (χ1n) is 13.5. The van der Waals surface area contributed by atoms with Crippen molar-refractivity contribution in [1.29, 1.82) is 0 Å². The molecular formula is C30H48. The molecule has 0 heterocycles. The molecule has 0 saturated heterocycles. The van der Waals surface area contributed by atoms with Crippen LogP contribution in [-0.2, 0) is 12.8 Å². The Hall–Kier alpha value is -1.04. The molecule has 1 aromatic rings. The van der Waals surface area contributed by atoms with Crippen LogP contribution in [0.3, 0.4) is 0 Å². The van der Waals surface area contributed by atoms with E-state index in [1.54, 1.807) is 5.57 Å². The van der Waals surface area contributed by atoms with Gasteiger partial charge in [0.25, 0.3) is 0 Å². The molecule has 1 atom stereocenters. The van der Waals surface area contributed by atoms with Crippen LogP contribution in [0.25, 0.3) is 0 Å². The highest BCUT2D eigenvalue weighted by Gasteiger charge is 2.22. The minimum Gasteiger partial charge on any atom is -0.0850 e. The smallest absolute Gasteiger partial charge is 0.0241 e. The molecule has 0 aliphatic heterocycles. The van der Waals surface area contributed by atoms with Crippen LogP contribution in [0.2, 0.25) is 0 Å². The van der Waals surface area contributed by atoms with Gasteiger partial charge in [-0.25, -0.2) is 0 Å². The molecule has 3 rings (SSSR count). The Bertz CT molecular complexity index is 599. The molecule has 2 aliphatic carbocycles. The number of allylic oxidation sites excluding steroid dienone is 2. The maximum atomic E-state index is 2.61. The molecule has 1 saturated carbocycles. The van der Waals surface area contributed by atoms with E-state index in [9.17, 15) is 0 Å². The Morgan fingerprint density at radius 3 is 1.97 bits per heavy atom. The summed E-state index contributed by atoms with van der Waals surface area (Å²) in [5.41, 5.74) is 4.70. The average molecular weight is 409 g/mol. The number of benzene rings is 1. The van der Waals surface area contributed by atoms with Gasteiger partial charge in [0.2, 0.25) is 0 Å². The second-order valence-electron chi connectivity index (χ2n) is 10.5. The summed E-state index contributed by atoms with van der Waals surface area (Å²) in [6, 6.07) is 9.29. The molecule has 0 spiro atoms. The van der Waals surface area contributed by atoms with Crippen LogP contribution in [0, 0.1) is 17.8 Å². The van der Waals surface area contributed by atoms with E-state index in [0.717, 1.165) is 24.2 Å². The Morgan fingerprint density at radius 2 is 1.33 bits per heavy atom. The van der Waals surface area contributed by atoms with Gasteiger partial charge >= 0.3 is 0 Å². The molecule has 0 amide bonds. The zero-order chi connectivity index (χ0) is 21.0. The van der Waals surface area contributed by atoms with E-state index in [-0.39, 0.29) is 0 Å². The highest BCUT2D eigenvalue weighted by Crippen LogP contribution is 2.37. The fourth-order valence-electron chi connectivity index (χ4n) is 5.82.